The zero-order valence-electron chi connectivity index (χ0n) is 18.7. The molecular weight excluding hydrogens is 424 g/mol. The molecule has 0 amide bonds. The summed E-state index contributed by atoms with van der Waals surface area (Å²) in [6, 6.07) is 10.2. The van der Waals surface area contributed by atoms with E-state index in [4.69, 9.17) is 18.9 Å². The van der Waals surface area contributed by atoms with Crippen LogP contribution in [0.25, 0.3) is 0 Å². The van der Waals surface area contributed by atoms with Crippen LogP contribution in [0.3, 0.4) is 0 Å². The summed E-state index contributed by atoms with van der Waals surface area (Å²) >= 11 is 0. The Morgan fingerprint density at radius 1 is 0.970 bits per heavy atom. The zero-order valence-corrected chi connectivity index (χ0v) is 18.7. The number of anilines is 2. The Hall–Kier alpha value is -2.95. The average molecular weight is 455 g/mol. The molecule has 2 fully saturated rings. The largest absolute Gasteiger partial charge is 0.492 e. The highest BCUT2D eigenvalue weighted by atomic mass is 16.5. The van der Waals surface area contributed by atoms with E-state index in [1.165, 1.54) is 0 Å². The molecular formula is C23H30N6O4. The number of nitrogens with zero attached hydrogens (tertiary/aromatic N) is 5. The van der Waals surface area contributed by atoms with Gasteiger partial charge in [-0.1, -0.05) is 12.1 Å². The molecule has 2 aromatic rings. The first-order chi connectivity index (χ1) is 16.3. The molecule has 0 unspecified atom stereocenters. The number of para-hydroxylation sites is 1. The fourth-order valence-corrected chi connectivity index (χ4v) is 4.04. The first kappa shape index (κ1) is 21.9. The molecule has 0 atom stereocenters. The van der Waals surface area contributed by atoms with Crippen LogP contribution < -0.4 is 19.8 Å². The number of morpholine rings is 2. The second-order valence-electron chi connectivity index (χ2n) is 8.06. The van der Waals surface area contributed by atoms with Gasteiger partial charge < -0.3 is 23.8 Å². The summed E-state index contributed by atoms with van der Waals surface area (Å²) in [7, 11) is 0. The van der Waals surface area contributed by atoms with Gasteiger partial charge in [-0.2, -0.15) is 15.1 Å². The van der Waals surface area contributed by atoms with Crippen LogP contribution in [0.5, 0.6) is 11.8 Å². The van der Waals surface area contributed by atoms with Crippen LogP contribution in [-0.4, -0.2) is 92.9 Å². The summed E-state index contributed by atoms with van der Waals surface area (Å²) in [6.07, 6.45) is 0.730. The minimum atomic E-state index is 0.349. The van der Waals surface area contributed by atoms with E-state index >= 15 is 0 Å². The lowest BCUT2D eigenvalue weighted by Crippen LogP contribution is -2.39. The summed E-state index contributed by atoms with van der Waals surface area (Å²) in [4.78, 5) is 13.7. The highest BCUT2D eigenvalue weighted by Crippen LogP contribution is 2.25. The van der Waals surface area contributed by atoms with Crippen molar-refractivity contribution in [2.45, 2.75) is 6.42 Å². The van der Waals surface area contributed by atoms with Crippen molar-refractivity contribution >= 4 is 17.3 Å². The van der Waals surface area contributed by atoms with E-state index in [1.807, 2.05) is 30.3 Å². The number of aromatic nitrogens is 2. The molecule has 5 rings (SSSR count). The molecule has 3 aliphatic rings. The third-order valence-electron chi connectivity index (χ3n) is 5.87. The summed E-state index contributed by atoms with van der Waals surface area (Å²) < 4.78 is 22.6. The second kappa shape index (κ2) is 10.8. The lowest BCUT2D eigenvalue weighted by Gasteiger charge is -2.28. The molecule has 1 N–H and O–H groups in total. The molecule has 1 aromatic carbocycles. The highest BCUT2D eigenvalue weighted by molar-refractivity contribution is 6.04. The van der Waals surface area contributed by atoms with E-state index in [-0.39, 0.29) is 0 Å². The van der Waals surface area contributed by atoms with Gasteiger partial charge in [0.2, 0.25) is 0 Å². The molecule has 0 saturated carbocycles. The molecule has 0 bridgehead atoms. The van der Waals surface area contributed by atoms with E-state index in [0.29, 0.717) is 38.3 Å². The van der Waals surface area contributed by atoms with Crippen molar-refractivity contribution < 1.29 is 18.9 Å². The molecule has 4 heterocycles. The Kier molecular flexibility index (Phi) is 7.14. The lowest BCUT2D eigenvalue weighted by atomic mass is 10.0. The summed E-state index contributed by atoms with van der Waals surface area (Å²) in [5, 5.41) is 4.65. The first-order valence-corrected chi connectivity index (χ1v) is 11.5. The van der Waals surface area contributed by atoms with Crippen molar-refractivity contribution in [1.29, 1.82) is 0 Å². The maximum Gasteiger partial charge on any atom is 0.320 e. The number of hydrogen-bond donors (Lipinski definition) is 1. The molecule has 2 saturated heterocycles. The van der Waals surface area contributed by atoms with Crippen molar-refractivity contribution in [1.82, 2.24) is 14.9 Å². The summed E-state index contributed by atoms with van der Waals surface area (Å²) in [5.74, 6) is 2.27. The van der Waals surface area contributed by atoms with Gasteiger partial charge >= 0.3 is 6.01 Å². The van der Waals surface area contributed by atoms with Crippen molar-refractivity contribution in [3.8, 4) is 11.8 Å². The number of benzene rings is 1. The fourth-order valence-electron chi connectivity index (χ4n) is 4.04. The van der Waals surface area contributed by atoms with Crippen LogP contribution in [-0.2, 0) is 9.47 Å². The molecule has 176 valence electrons. The lowest BCUT2D eigenvalue weighted by molar-refractivity contribution is 0.0317. The molecule has 3 aliphatic heterocycles. The third-order valence-corrected chi connectivity index (χ3v) is 5.87. The summed E-state index contributed by atoms with van der Waals surface area (Å²) in [5.41, 5.74) is 5.07. The van der Waals surface area contributed by atoms with Crippen LogP contribution in [0.2, 0.25) is 0 Å². The maximum atomic E-state index is 5.96. The highest BCUT2D eigenvalue weighted by Gasteiger charge is 2.18. The molecule has 0 aliphatic carbocycles. The maximum absolute atomic E-state index is 5.96. The van der Waals surface area contributed by atoms with Gasteiger partial charge in [0.25, 0.3) is 0 Å². The van der Waals surface area contributed by atoms with Crippen LogP contribution in [0.15, 0.2) is 35.4 Å². The third kappa shape index (κ3) is 5.70. The van der Waals surface area contributed by atoms with Gasteiger partial charge in [-0.05, 0) is 12.1 Å². The van der Waals surface area contributed by atoms with Crippen LogP contribution in [0.4, 0.5) is 11.6 Å². The van der Waals surface area contributed by atoms with E-state index in [9.17, 15) is 0 Å². The Balaban J connectivity index is 1.31. The fraction of sp³-hybridized carbons (Fsp3) is 0.522. The normalized spacial score (nSPS) is 20.2. The molecule has 0 spiro atoms. The van der Waals surface area contributed by atoms with Crippen molar-refractivity contribution in [2.24, 2.45) is 5.10 Å². The molecule has 10 heteroatoms. The zero-order chi connectivity index (χ0) is 22.3. The van der Waals surface area contributed by atoms with Gasteiger partial charge in [-0.15, -0.1) is 0 Å². The van der Waals surface area contributed by atoms with Crippen LogP contribution in [0, 0.1) is 0 Å². The van der Waals surface area contributed by atoms with E-state index in [0.717, 1.165) is 75.2 Å². The van der Waals surface area contributed by atoms with E-state index in [2.05, 4.69) is 30.3 Å². The van der Waals surface area contributed by atoms with Crippen molar-refractivity contribution in [3.63, 3.8) is 0 Å². The average Bonchev–Trinajstić information content (AvgIpc) is 2.88. The monoisotopic (exact) mass is 454 g/mol. The van der Waals surface area contributed by atoms with Gasteiger partial charge in [0.1, 0.15) is 18.2 Å². The standard InChI is InChI=1S/C23H30N6O4/c1-2-4-20-18(3-1)19(5-11-32-20)26-27-21-17-22(29-9-14-31-15-10-29)25-23(24-21)33-16-8-28-6-12-30-13-7-28/h1-4,17H,5-16H2,(H,24,25,27)/b26-19-. The number of rotatable bonds is 7. The van der Waals surface area contributed by atoms with Gasteiger partial charge in [-0.25, -0.2) is 0 Å². The Morgan fingerprint density at radius 3 is 2.61 bits per heavy atom. The first-order valence-electron chi connectivity index (χ1n) is 11.5. The minimum absolute atomic E-state index is 0.349. The van der Waals surface area contributed by atoms with Gasteiger partial charge in [0.15, 0.2) is 5.82 Å². The number of nitrogens with one attached hydrogen (secondary N) is 1. The van der Waals surface area contributed by atoms with Crippen molar-refractivity contribution in [2.75, 3.05) is 82.7 Å². The number of fused-ring (bicyclic) bond motifs is 1. The smallest absolute Gasteiger partial charge is 0.320 e. The van der Waals surface area contributed by atoms with Crippen LogP contribution in [0.1, 0.15) is 12.0 Å². The van der Waals surface area contributed by atoms with Crippen molar-refractivity contribution in [3.05, 3.63) is 35.9 Å². The second-order valence-corrected chi connectivity index (χ2v) is 8.06. The number of hydrazone groups is 1. The Labute approximate surface area is 193 Å². The topological polar surface area (TPSA) is 93.6 Å². The molecule has 0 radical (unpaired) electrons. The predicted octanol–water partition coefficient (Wildman–Crippen LogP) is 1.62. The van der Waals surface area contributed by atoms with Gasteiger partial charge in [-0.3, -0.25) is 10.3 Å². The van der Waals surface area contributed by atoms with E-state index < -0.39 is 0 Å². The Bertz CT molecular complexity index is 960. The van der Waals surface area contributed by atoms with E-state index in [1.54, 1.807) is 0 Å². The number of hydrogen-bond acceptors (Lipinski definition) is 10. The quantitative estimate of drug-likeness (QED) is 0.627. The van der Waals surface area contributed by atoms with Crippen LogP contribution >= 0.6 is 0 Å². The Morgan fingerprint density at radius 2 is 1.76 bits per heavy atom. The molecule has 1 aromatic heterocycles. The SMILES string of the molecule is c1ccc2c(c1)OCC/C2=N/Nc1cc(N2CCOCC2)nc(OCCN2CCOCC2)n1. The molecule has 10 nitrogen and oxygen atoms in total. The van der Waals surface area contributed by atoms with Gasteiger partial charge in [0.05, 0.1) is 38.7 Å². The van der Waals surface area contributed by atoms with Gasteiger partial charge in [0, 0.05) is 50.8 Å². The number of ether oxygens (including phenoxy) is 4. The summed E-state index contributed by atoms with van der Waals surface area (Å²) in [6.45, 7) is 8.25. The minimum Gasteiger partial charge on any atom is -0.492 e. The predicted molar refractivity (Wildman–Crippen MR) is 125 cm³/mol. The molecule has 33 heavy (non-hydrogen) atoms.